The maximum Gasteiger partial charge on any atom is 2.00 e. The summed E-state index contributed by atoms with van der Waals surface area (Å²) in [6.07, 6.45) is 3.75. The first-order valence-corrected chi connectivity index (χ1v) is 19.3. The van der Waals surface area contributed by atoms with E-state index in [0.29, 0.717) is 23.3 Å². The predicted molar refractivity (Wildman–Crippen MR) is 226 cm³/mol. The Morgan fingerprint density at radius 3 is 1.98 bits per heavy atom. The van der Waals surface area contributed by atoms with Crippen LogP contribution in [0.3, 0.4) is 0 Å². The minimum absolute atomic E-state index is 0. The maximum absolute atomic E-state index is 6.71. The largest absolute Gasteiger partial charge is 2.00 e. The summed E-state index contributed by atoms with van der Waals surface area (Å²) in [5.74, 6) is 2.86. The number of hydrogen-bond donors (Lipinski definition) is 0. The Hall–Kier alpha value is -6.10. The molecule has 10 aromatic rings. The molecule has 1 aliphatic heterocycles. The van der Waals surface area contributed by atoms with Gasteiger partial charge in [0.05, 0.1) is 17.0 Å². The number of aromatic nitrogens is 5. The van der Waals surface area contributed by atoms with Crippen molar-refractivity contribution >= 4 is 49.3 Å². The van der Waals surface area contributed by atoms with Gasteiger partial charge < -0.3 is 13.7 Å². The molecule has 0 bridgehead atoms. The average Bonchev–Trinajstić information content (AvgIpc) is 3.80. The van der Waals surface area contributed by atoms with E-state index < -0.39 is 0 Å². The minimum atomic E-state index is -0.189. The smallest absolute Gasteiger partial charge is 0.503 e. The Bertz CT molecular complexity index is 3180. The Kier molecular flexibility index (Phi) is 8.21. The summed E-state index contributed by atoms with van der Waals surface area (Å²) < 4.78 is 11.2. The first kappa shape index (κ1) is 35.3. The quantitative estimate of drug-likeness (QED) is 0.123. The van der Waals surface area contributed by atoms with Crippen LogP contribution in [0, 0.1) is 24.0 Å². The number of fused-ring (bicyclic) bond motifs is 11. The van der Waals surface area contributed by atoms with Gasteiger partial charge in [0.2, 0.25) is 0 Å². The van der Waals surface area contributed by atoms with Crippen LogP contribution in [-0.2, 0) is 26.5 Å². The van der Waals surface area contributed by atoms with E-state index in [1.54, 1.807) is 0 Å². The third kappa shape index (κ3) is 4.96. The molecule has 6 heterocycles. The number of pyridine rings is 3. The van der Waals surface area contributed by atoms with E-state index >= 15 is 0 Å². The van der Waals surface area contributed by atoms with E-state index in [4.69, 9.17) is 19.7 Å². The van der Waals surface area contributed by atoms with Crippen LogP contribution in [0.15, 0.2) is 140 Å². The van der Waals surface area contributed by atoms with Crippen LogP contribution in [0.5, 0.6) is 11.5 Å². The van der Waals surface area contributed by atoms with Gasteiger partial charge in [-0.15, -0.1) is 29.7 Å². The first-order chi connectivity index (χ1) is 27.4. The zero-order valence-electron chi connectivity index (χ0n) is 31.9. The molecule has 0 saturated heterocycles. The van der Waals surface area contributed by atoms with Crippen LogP contribution in [0.2, 0.25) is 0 Å². The van der Waals surface area contributed by atoms with E-state index in [1.165, 1.54) is 22.0 Å². The molecule has 0 fully saturated rings. The Morgan fingerprint density at radius 2 is 1.23 bits per heavy atom. The Morgan fingerprint density at radius 1 is 0.579 bits per heavy atom. The van der Waals surface area contributed by atoms with Crippen LogP contribution in [-0.4, -0.2) is 23.9 Å². The molecule has 5 aromatic carbocycles. The van der Waals surface area contributed by atoms with E-state index in [0.717, 1.165) is 66.7 Å². The van der Waals surface area contributed by atoms with E-state index in [1.807, 2.05) is 42.7 Å². The number of nitrogens with zero attached hydrogens (tertiary/aromatic N) is 5. The van der Waals surface area contributed by atoms with Crippen molar-refractivity contribution in [2.24, 2.45) is 11.8 Å². The van der Waals surface area contributed by atoms with Crippen LogP contribution in [0.4, 0.5) is 0 Å². The summed E-state index contributed by atoms with van der Waals surface area (Å²) in [4.78, 5) is 15.4. The van der Waals surface area contributed by atoms with Crippen molar-refractivity contribution in [2.45, 2.75) is 33.1 Å². The summed E-state index contributed by atoms with van der Waals surface area (Å²) in [6, 6.07) is 51.6. The normalized spacial score (nSPS) is 13.2. The fourth-order valence-corrected chi connectivity index (χ4v) is 9.82. The summed E-state index contributed by atoms with van der Waals surface area (Å²) in [6.45, 7) is 9.36. The average molecular weight is 919 g/mol. The van der Waals surface area contributed by atoms with Gasteiger partial charge in [0.15, 0.2) is 0 Å². The zero-order valence-corrected chi connectivity index (χ0v) is 34.2. The molecule has 0 saturated carbocycles. The molecule has 0 spiro atoms. The van der Waals surface area contributed by atoms with Crippen LogP contribution in [0.1, 0.15) is 38.8 Å². The van der Waals surface area contributed by atoms with Gasteiger partial charge in [-0.3, -0.25) is 4.98 Å². The van der Waals surface area contributed by atoms with E-state index in [2.05, 4.69) is 146 Å². The molecule has 7 heteroatoms. The second-order valence-corrected chi connectivity index (χ2v) is 15.5. The van der Waals surface area contributed by atoms with Crippen molar-refractivity contribution in [3.05, 3.63) is 163 Å². The van der Waals surface area contributed by atoms with Crippen molar-refractivity contribution in [3.8, 4) is 39.8 Å². The maximum atomic E-state index is 6.71. The van der Waals surface area contributed by atoms with Gasteiger partial charge in [0.25, 0.3) is 0 Å². The van der Waals surface area contributed by atoms with Crippen molar-refractivity contribution in [3.63, 3.8) is 0 Å². The van der Waals surface area contributed by atoms with Crippen molar-refractivity contribution in [1.82, 2.24) is 23.9 Å². The standard InChI is InChI=1S/C50H37N5O.Pt/c1-30(2)50(31(3)4)41-20-11-18-38-37-25-23-35(29-43(37)54(46(38)41)49-42(50)21-13-27-52-49)56-34-22-24-36-39-19-12-26-51-47(39)55-45(33-16-9-6-10-17-33)44(32-14-7-5-8-15-32)53-48(55)40(36)28-34;/h5-27,30-31H,1-4H3;/q-2;+2. The van der Waals surface area contributed by atoms with Crippen LogP contribution in [0.25, 0.3) is 77.6 Å². The summed E-state index contributed by atoms with van der Waals surface area (Å²) in [5.41, 5.74) is 10.1. The second-order valence-electron chi connectivity index (χ2n) is 15.5. The third-order valence-electron chi connectivity index (χ3n) is 12.0. The van der Waals surface area contributed by atoms with Crippen LogP contribution >= 0.6 is 0 Å². The second kappa shape index (κ2) is 13.2. The topological polar surface area (TPSA) is 57.2 Å². The SMILES string of the molecule is CC(C)C1(C(C)C)c2cccnc2-n2c3[c-]c(Oc4[c-]c5c(cc4)c4cccnc4n4c(-c6ccccc6)c(-c6ccccc6)nc54)ccc3c3cccc1c32.[Pt+2]. The number of benzene rings is 5. The Balaban J connectivity index is 0.00000396. The minimum Gasteiger partial charge on any atom is -0.503 e. The van der Waals surface area contributed by atoms with Crippen molar-refractivity contribution < 1.29 is 25.8 Å². The molecule has 6 nitrogen and oxygen atoms in total. The molecule has 0 N–H and O–H groups in total. The molecule has 5 aromatic heterocycles. The molecule has 1 aliphatic rings. The molecule has 11 rings (SSSR count). The molecule has 278 valence electrons. The van der Waals surface area contributed by atoms with Crippen molar-refractivity contribution in [2.75, 3.05) is 0 Å². The van der Waals surface area contributed by atoms with Crippen LogP contribution < -0.4 is 4.74 Å². The van der Waals surface area contributed by atoms with Gasteiger partial charge in [-0.1, -0.05) is 141 Å². The molecule has 0 aliphatic carbocycles. The number of para-hydroxylation sites is 1. The molecule has 0 radical (unpaired) electrons. The molecular weight excluding hydrogens is 882 g/mol. The fraction of sp³-hybridized carbons (Fsp3) is 0.140. The number of imidazole rings is 1. The third-order valence-corrected chi connectivity index (χ3v) is 12.0. The molecule has 0 atom stereocenters. The van der Waals surface area contributed by atoms with Gasteiger partial charge in [0, 0.05) is 51.5 Å². The van der Waals surface area contributed by atoms with Gasteiger partial charge in [0.1, 0.15) is 11.5 Å². The first-order valence-electron chi connectivity index (χ1n) is 19.3. The van der Waals surface area contributed by atoms with Gasteiger partial charge in [-0.25, -0.2) is 9.97 Å². The number of hydrogen-bond acceptors (Lipinski definition) is 4. The van der Waals surface area contributed by atoms with Crippen molar-refractivity contribution in [1.29, 1.82) is 0 Å². The zero-order chi connectivity index (χ0) is 37.7. The molecule has 0 unspecified atom stereocenters. The number of ether oxygens (including phenoxy) is 1. The van der Waals surface area contributed by atoms with E-state index in [-0.39, 0.29) is 26.5 Å². The summed E-state index contributed by atoms with van der Waals surface area (Å²) in [7, 11) is 0. The molecule has 0 amide bonds. The van der Waals surface area contributed by atoms with Gasteiger partial charge >= 0.3 is 21.1 Å². The van der Waals surface area contributed by atoms with Gasteiger partial charge in [-0.05, 0) is 40.3 Å². The van der Waals surface area contributed by atoms with E-state index in [9.17, 15) is 0 Å². The summed E-state index contributed by atoms with van der Waals surface area (Å²) >= 11 is 0. The monoisotopic (exact) mass is 918 g/mol. The fourth-order valence-electron chi connectivity index (χ4n) is 9.82. The van der Waals surface area contributed by atoms with Gasteiger partial charge in [-0.2, -0.15) is 6.07 Å². The predicted octanol–water partition coefficient (Wildman–Crippen LogP) is 12.2. The molecular formula is C50H37N5OPt. The summed E-state index contributed by atoms with van der Waals surface area (Å²) in [5, 5.41) is 5.20. The number of rotatable bonds is 6. The Labute approximate surface area is 345 Å². The molecule has 57 heavy (non-hydrogen) atoms.